The van der Waals surface area contributed by atoms with Gasteiger partial charge in [-0.3, -0.25) is 18.7 Å². The number of hydrogen-bond acceptors (Lipinski definition) is 47. The minimum absolute atomic E-state index is 0.802. The van der Waals surface area contributed by atoms with Crippen LogP contribution in [0.3, 0.4) is 0 Å². The van der Waals surface area contributed by atoms with Crippen LogP contribution >= 0.6 is 0 Å². The van der Waals surface area contributed by atoms with Gasteiger partial charge in [-0.05, 0) is 0 Å². The van der Waals surface area contributed by atoms with E-state index in [0.29, 0.717) is 0 Å². The van der Waals surface area contributed by atoms with Crippen molar-refractivity contribution < 1.29 is 258 Å². The molecular formula is C58H92N4O53S2. The number of aliphatic hydroxyl groups is 20. The lowest BCUT2D eigenvalue weighted by Gasteiger charge is -2.50. The maximum Gasteiger partial charge on any atom is 0.335 e. The molecule has 9 saturated heterocycles. The van der Waals surface area contributed by atoms with Gasteiger partial charge in [0.25, 0.3) is 0 Å². The third kappa shape index (κ3) is 21.3. The maximum absolute atomic E-state index is 13.1. The first-order chi connectivity index (χ1) is 54.7. The average molecular weight is 1760 g/mol. The van der Waals surface area contributed by atoms with Crippen LogP contribution in [0.1, 0.15) is 13.8 Å². The number of amides is 2. The van der Waals surface area contributed by atoms with Gasteiger partial charge >= 0.3 is 44.5 Å². The normalized spacial score (nSPS) is 46.8. The van der Waals surface area contributed by atoms with Gasteiger partial charge in [0.05, 0.1) is 39.6 Å². The lowest BCUT2D eigenvalue weighted by molar-refractivity contribution is -0.382. The largest absolute Gasteiger partial charge is 0.479 e. The standard InChI is InChI=1S/C58H92N4O53S2/c1-9(69)59-17-23(73)21(71)11(3-63)100-51(17)108-39-28(78)32(82)57(113-43(39)47(85)86)106-37-15(7-67)102-54(19(25(37)75)61-116(93,94)95)111-42-30(80)34(84)58(115-46(42)50(91)92)107-38-16(8-68)103-53(20(26(38)76)62-117(96,97)98)110-41-29(79)33(83)56(114-45(41)49(89)90)105-36-14(6-66)101-52(18(24(36)74)60-10(2)70)109-40-27(77)31(81)55(112-44(40)48(87)88)104-35-13(5-65)99-12(4-64)22(35)72/h11-46,51-58,61-68,71-84H,3-8H2,1-2H3,(H,59,69)(H,60,70)(H,85,86)(H,87,88)(H,89,90)(H,91,92)(H,93,94,95)(H,96,97,98)/t11-,12-,13-,14-,15-,16-,17-,18-,19-,20-,21-,22-,23-,24-,25-,26-,27-,28-,29-,30-,31-,32-,33-,34-,35-,36-,37-,38-,39+,40+,41+,42+,43+,44+,45+,46+,51-,52-,53-,54-,55-,56-,57-,58-/m1/s1. The number of carbonyl (C=O) groups excluding carboxylic acids is 2. The zero-order valence-electron chi connectivity index (χ0n) is 60.1. The molecule has 9 aliphatic heterocycles. The number of ether oxygens (including phenoxy) is 17. The molecule has 59 heteroatoms. The minimum atomic E-state index is -5.73. The van der Waals surface area contributed by atoms with Crippen LogP contribution in [0.25, 0.3) is 0 Å². The average Bonchev–Trinajstić information content (AvgIpc) is 0.889. The molecule has 9 aliphatic rings. The lowest BCUT2D eigenvalue weighted by atomic mass is 9.94. The lowest BCUT2D eigenvalue weighted by Crippen LogP contribution is -2.71. The number of nitrogens with one attached hydrogen (secondary N) is 4. The molecular weight excluding hydrogens is 1660 g/mol. The Morgan fingerprint density at radius 1 is 0.265 bits per heavy atom. The molecule has 0 bridgehead atoms. The van der Waals surface area contributed by atoms with Crippen molar-refractivity contribution in [3.8, 4) is 0 Å². The molecule has 2 amide bonds. The fraction of sp³-hybridized carbons (Fsp3) is 0.897. The van der Waals surface area contributed by atoms with Crippen molar-refractivity contribution in [2.75, 3.05) is 39.6 Å². The maximum atomic E-state index is 13.1. The summed E-state index contributed by atoms with van der Waals surface area (Å²) in [5, 5.41) is 266. The summed E-state index contributed by atoms with van der Waals surface area (Å²) in [7, 11) is -11.4. The van der Waals surface area contributed by atoms with Gasteiger partial charge in [0.1, 0.15) is 195 Å². The van der Waals surface area contributed by atoms with Gasteiger partial charge in [-0.2, -0.15) is 26.3 Å². The molecule has 0 aromatic carbocycles. The Bertz CT molecular complexity index is 3590. The van der Waals surface area contributed by atoms with E-state index in [9.17, 15) is 177 Å². The van der Waals surface area contributed by atoms with Crippen molar-refractivity contribution in [3.05, 3.63) is 0 Å². The van der Waals surface area contributed by atoms with Gasteiger partial charge in [0, 0.05) is 13.8 Å². The summed E-state index contributed by atoms with van der Waals surface area (Å²) in [6, 6.07) is -9.12. The minimum Gasteiger partial charge on any atom is -0.479 e. The SMILES string of the molecule is CC(=O)N[C@H]1[C@@H](O[C@H]2[C@H](O)[C@@H](O)[C@H](O[C@H]3[C@H](O)[C@@H](CO)O[C@@H]3CO)O[C@@H]2C(=O)O)O[C@H](CO)[C@@H](O[C@@H]2O[C@H](C(=O)O)[C@@H](O[C@H]3O[C@H](CO)[C@@H](O[C@@H]4O[C@H](C(=O)O)[C@@H](O[C@H]5O[C@H](CO)[C@@H](O[C@@H]6O[C@H](C(=O)O)[C@@H](O[C@H]7O[C@H](CO)[C@@H](O)[C@H](O)[C@H]7NC(C)=O)[C@H](O)[C@H]6O)[C@H](O)[C@H]5NS(=O)(=O)O)[C@H](O)[C@H]4O)[C@H](O)[C@H]3NS(=O)(=O)O)[C@H](O)[C@H]2O)[C@@H]1O. The Kier molecular flexibility index (Phi) is 32.6. The Labute approximate surface area is 655 Å². The fourth-order valence-electron chi connectivity index (χ4n) is 14.3. The quantitative estimate of drug-likeness (QED) is 0.0278. The topological polar surface area (TPSA) is 902 Å². The molecule has 0 aromatic heterocycles. The number of rotatable bonds is 32. The summed E-state index contributed by atoms with van der Waals surface area (Å²) < 4.78 is 167. The first-order valence-electron chi connectivity index (χ1n) is 35.0. The van der Waals surface area contributed by atoms with Gasteiger partial charge in [0.15, 0.2) is 74.7 Å². The molecule has 57 nitrogen and oxygen atoms in total. The van der Waals surface area contributed by atoms with Crippen molar-refractivity contribution in [1.82, 2.24) is 20.1 Å². The number of carboxylic acid groups (broad SMARTS) is 4. The highest BCUT2D eigenvalue weighted by Crippen LogP contribution is 2.41. The van der Waals surface area contributed by atoms with E-state index in [0.717, 1.165) is 13.8 Å². The zero-order chi connectivity index (χ0) is 87.0. The second-order valence-corrected chi connectivity index (χ2v) is 30.3. The highest BCUT2D eigenvalue weighted by atomic mass is 32.2. The van der Waals surface area contributed by atoms with E-state index in [-0.39, 0.29) is 0 Å². The van der Waals surface area contributed by atoms with Crippen molar-refractivity contribution in [2.45, 2.75) is 284 Å². The van der Waals surface area contributed by atoms with Crippen LogP contribution in [0.5, 0.6) is 0 Å². The van der Waals surface area contributed by atoms with Gasteiger partial charge in [-0.15, -0.1) is 0 Å². The van der Waals surface area contributed by atoms with E-state index in [1.165, 1.54) is 9.44 Å². The van der Waals surface area contributed by atoms with Gasteiger partial charge in [-0.1, -0.05) is 0 Å². The van der Waals surface area contributed by atoms with Crippen LogP contribution in [0.15, 0.2) is 0 Å². The molecule has 674 valence electrons. The smallest absolute Gasteiger partial charge is 0.335 e. The predicted molar refractivity (Wildman–Crippen MR) is 346 cm³/mol. The predicted octanol–water partition coefficient (Wildman–Crippen LogP) is -20.5. The monoisotopic (exact) mass is 1760 g/mol. The van der Waals surface area contributed by atoms with Crippen LogP contribution in [0, 0.1) is 0 Å². The molecule has 0 spiro atoms. The van der Waals surface area contributed by atoms with Gasteiger partial charge in [0.2, 0.25) is 11.8 Å². The van der Waals surface area contributed by atoms with Crippen LogP contribution < -0.4 is 20.1 Å². The van der Waals surface area contributed by atoms with E-state index in [1.807, 2.05) is 0 Å². The molecule has 117 heavy (non-hydrogen) atoms. The fourth-order valence-corrected chi connectivity index (χ4v) is 15.5. The van der Waals surface area contributed by atoms with Crippen molar-refractivity contribution >= 4 is 56.3 Å². The second kappa shape index (κ2) is 39.7. The third-order valence-electron chi connectivity index (χ3n) is 20.0. The number of aliphatic hydroxyl groups excluding tert-OH is 20. The molecule has 0 aromatic rings. The van der Waals surface area contributed by atoms with E-state index in [2.05, 4.69) is 10.6 Å². The van der Waals surface area contributed by atoms with Crippen molar-refractivity contribution in [1.29, 1.82) is 0 Å². The number of hydrogen-bond donors (Lipinski definition) is 30. The highest BCUT2D eigenvalue weighted by molar-refractivity contribution is 7.84. The number of carbonyl (C=O) groups is 6. The Morgan fingerprint density at radius 2 is 0.479 bits per heavy atom. The third-order valence-corrected chi connectivity index (χ3v) is 21.2. The van der Waals surface area contributed by atoms with Crippen molar-refractivity contribution in [3.63, 3.8) is 0 Å². The van der Waals surface area contributed by atoms with Crippen LogP contribution in [0.4, 0.5) is 0 Å². The first-order valence-corrected chi connectivity index (χ1v) is 37.9. The summed E-state index contributed by atoms with van der Waals surface area (Å²) >= 11 is 0. The molecule has 0 aliphatic carbocycles. The van der Waals surface area contributed by atoms with Crippen LogP contribution in [-0.2, 0) is 130 Å². The molecule has 9 rings (SSSR count). The summed E-state index contributed by atoms with van der Waals surface area (Å²) in [5.74, 6) is -10.3. The summed E-state index contributed by atoms with van der Waals surface area (Å²) in [4.78, 5) is 76.2. The molecule has 0 unspecified atom stereocenters. The second-order valence-electron chi connectivity index (χ2n) is 27.9. The first kappa shape index (κ1) is 95.9. The molecule has 0 radical (unpaired) electrons. The van der Waals surface area contributed by atoms with Gasteiger partial charge in [-0.25, -0.2) is 19.2 Å². The molecule has 9 fully saturated rings. The highest BCUT2D eigenvalue weighted by Gasteiger charge is 2.63. The summed E-state index contributed by atoms with van der Waals surface area (Å²) in [5.41, 5.74) is 0. The Balaban J connectivity index is 0.877. The number of carboxylic acids is 4. The van der Waals surface area contributed by atoms with Crippen LogP contribution in [-0.4, -0.2) is 494 Å². The van der Waals surface area contributed by atoms with E-state index < -0.39 is 366 Å². The Hall–Kier alpha value is -4.92. The van der Waals surface area contributed by atoms with E-state index in [1.54, 1.807) is 0 Å². The molecule has 30 N–H and O–H groups in total. The van der Waals surface area contributed by atoms with E-state index >= 15 is 0 Å². The van der Waals surface area contributed by atoms with Crippen LogP contribution in [0.2, 0.25) is 0 Å². The van der Waals surface area contributed by atoms with Gasteiger partial charge < -0.3 is 214 Å². The van der Waals surface area contributed by atoms with E-state index in [4.69, 9.17) is 80.5 Å². The summed E-state index contributed by atoms with van der Waals surface area (Å²) in [6.45, 7) is -5.08. The zero-order valence-corrected chi connectivity index (χ0v) is 61.7. The number of aliphatic carboxylic acids is 4. The van der Waals surface area contributed by atoms with Crippen molar-refractivity contribution in [2.24, 2.45) is 0 Å². The molecule has 44 atom stereocenters. The molecule has 0 saturated carbocycles. The summed E-state index contributed by atoms with van der Waals surface area (Å²) in [6.07, 6.45) is -93.9. The Morgan fingerprint density at radius 3 is 0.726 bits per heavy atom. The molecule has 9 heterocycles.